The number of hydrogen-bond donors (Lipinski definition) is 4. The summed E-state index contributed by atoms with van der Waals surface area (Å²) in [5.41, 5.74) is 0. The molecule has 0 aromatic heterocycles. The lowest BCUT2D eigenvalue weighted by Crippen LogP contribution is -2.38. The van der Waals surface area contributed by atoms with Gasteiger partial charge in [-0.2, -0.15) is 0 Å². The molecule has 0 unspecified atom stereocenters. The zero-order valence-electron chi connectivity index (χ0n) is 12.7. The molecule has 122 valence electrons. The van der Waals surface area contributed by atoms with Gasteiger partial charge in [-0.1, -0.05) is 19.8 Å². The molecule has 7 heteroatoms. The van der Waals surface area contributed by atoms with Crippen LogP contribution in [0.15, 0.2) is 0 Å². The fourth-order valence-electron chi connectivity index (χ4n) is 1.66. The van der Waals surface area contributed by atoms with Gasteiger partial charge in [0.25, 0.3) is 0 Å². The van der Waals surface area contributed by atoms with Crippen molar-refractivity contribution in [3.05, 3.63) is 0 Å². The minimum atomic E-state index is -0.768. The van der Waals surface area contributed by atoms with Crippen molar-refractivity contribution in [1.29, 1.82) is 0 Å². The molecule has 0 aliphatic heterocycles. The Morgan fingerprint density at radius 2 is 1.48 bits per heavy atom. The van der Waals surface area contributed by atoms with Crippen LogP contribution in [-0.4, -0.2) is 42.6 Å². The van der Waals surface area contributed by atoms with Crippen LogP contribution in [0.5, 0.6) is 0 Å². The molecule has 21 heavy (non-hydrogen) atoms. The van der Waals surface area contributed by atoms with Crippen LogP contribution in [0, 0.1) is 0 Å². The van der Waals surface area contributed by atoms with Crippen LogP contribution < -0.4 is 16.0 Å². The van der Waals surface area contributed by atoms with Gasteiger partial charge in [0.1, 0.15) is 0 Å². The van der Waals surface area contributed by atoms with Gasteiger partial charge >= 0.3 is 12.0 Å². The molecule has 0 bridgehead atoms. The molecule has 0 fully saturated rings. The predicted molar refractivity (Wildman–Crippen MR) is 80.0 cm³/mol. The summed E-state index contributed by atoms with van der Waals surface area (Å²) in [5.74, 6) is -0.828. The molecule has 7 nitrogen and oxygen atoms in total. The van der Waals surface area contributed by atoms with Crippen molar-refractivity contribution in [2.75, 3.05) is 19.6 Å². The third kappa shape index (κ3) is 14.4. The number of aliphatic carboxylic acids is 1. The van der Waals surface area contributed by atoms with Crippen molar-refractivity contribution in [3.63, 3.8) is 0 Å². The molecule has 0 aromatic rings. The first-order valence-electron chi connectivity index (χ1n) is 7.56. The number of carboxylic acid groups (broad SMARTS) is 1. The van der Waals surface area contributed by atoms with E-state index in [0.717, 1.165) is 25.7 Å². The Kier molecular flexibility index (Phi) is 12.1. The maximum atomic E-state index is 11.4. The van der Waals surface area contributed by atoms with Gasteiger partial charge in [-0.05, 0) is 19.3 Å². The van der Waals surface area contributed by atoms with E-state index in [4.69, 9.17) is 5.11 Å². The Hall–Kier alpha value is -1.79. The normalized spacial score (nSPS) is 9.95. The first-order valence-corrected chi connectivity index (χ1v) is 7.56. The standard InChI is InChI=1S/C14H27N3O4/c1-2-9-15-12(18)8-11-17-14(21)16-10-6-4-3-5-7-13(19)20/h2-11H2,1H3,(H,15,18)(H,19,20)(H2,16,17,21). The molecule has 0 heterocycles. The van der Waals surface area contributed by atoms with Gasteiger partial charge in [0, 0.05) is 32.5 Å². The summed E-state index contributed by atoms with van der Waals surface area (Å²) in [6, 6.07) is -0.274. The molecule has 0 saturated heterocycles. The van der Waals surface area contributed by atoms with Crippen molar-refractivity contribution < 1.29 is 19.5 Å². The summed E-state index contributed by atoms with van der Waals surface area (Å²) in [6.45, 7) is 3.52. The predicted octanol–water partition coefficient (Wildman–Crippen LogP) is 1.24. The fourth-order valence-corrected chi connectivity index (χ4v) is 1.66. The highest BCUT2D eigenvalue weighted by atomic mass is 16.4. The monoisotopic (exact) mass is 301 g/mol. The molecule has 3 amide bonds. The highest BCUT2D eigenvalue weighted by Crippen LogP contribution is 2.01. The molecule has 0 aliphatic rings. The van der Waals surface area contributed by atoms with E-state index in [0.29, 0.717) is 26.1 Å². The number of urea groups is 1. The topological polar surface area (TPSA) is 108 Å². The number of hydrogen-bond acceptors (Lipinski definition) is 3. The van der Waals surface area contributed by atoms with E-state index in [9.17, 15) is 14.4 Å². The van der Waals surface area contributed by atoms with Gasteiger partial charge in [-0.15, -0.1) is 0 Å². The summed E-state index contributed by atoms with van der Waals surface area (Å²) >= 11 is 0. The van der Waals surface area contributed by atoms with Crippen molar-refractivity contribution >= 4 is 17.9 Å². The quantitative estimate of drug-likeness (QED) is 0.407. The molecule has 0 atom stereocenters. The van der Waals surface area contributed by atoms with Crippen LogP contribution in [0.4, 0.5) is 4.79 Å². The summed E-state index contributed by atoms with van der Waals surface area (Å²) < 4.78 is 0. The number of nitrogens with one attached hydrogen (secondary N) is 3. The Balaban J connectivity index is 3.34. The summed E-state index contributed by atoms with van der Waals surface area (Å²) in [5, 5.41) is 16.5. The minimum absolute atomic E-state index is 0.0596. The van der Waals surface area contributed by atoms with E-state index >= 15 is 0 Å². The maximum absolute atomic E-state index is 11.4. The number of carbonyl (C=O) groups excluding carboxylic acids is 2. The van der Waals surface area contributed by atoms with Gasteiger partial charge in [0.15, 0.2) is 0 Å². The zero-order chi connectivity index (χ0) is 15.9. The summed E-state index contributed by atoms with van der Waals surface area (Å²) in [4.78, 5) is 32.9. The molecular formula is C14H27N3O4. The van der Waals surface area contributed by atoms with E-state index in [-0.39, 0.29) is 24.8 Å². The van der Waals surface area contributed by atoms with Crippen LogP contribution >= 0.6 is 0 Å². The molecule has 0 spiro atoms. The molecule has 0 aliphatic carbocycles. The van der Waals surface area contributed by atoms with E-state index in [1.54, 1.807) is 0 Å². The molecular weight excluding hydrogens is 274 g/mol. The van der Waals surface area contributed by atoms with Gasteiger partial charge in [0.2, 0.25) is 5.91 Å². The summed E-state index contributed by atoms with van der Waals surface area (Å²) in [7, 11) is 0. The molecule has 0 radical (unpaired) electrons. The average Bonchev–Trinajstić information content (AvgIpc) is 2.43. The Labute approximate surface area is 125 Å². The van der Waals surface area contributed by atoms with Gasteiger partial charge in [-0.3, -0.25) is 9.59 Å². The molecule has 0 aromatic carbocycles. The number of unbranched alkanes of at least 4 members (excludes halogenated alkanes) is 3. The van der Waals surface area contributed by atoms with Crippen molar-refractivity contribution in [2.45, 2.75) is 51.9 Å². The van der Waals surface area contributed by atoms with Gasteiger partial charge in [-0.25, -0.2) is 4.79 Å². The van der Waals surface area contributed by atoms with Crippen LogP contribution in [0.3, 0.4) is 0 Å². The maximum Gasteiger partial charge on any atom is 0.314 e. The van der Waals surface area contributed by atoms with Crippen molar-refractivity contribution in [2.24, 2.45) is 0 Å². The van der Waals surface area contributed by atoms with E-state index in [1.807, 2.05) is 6.92 Å². The van der Waals surface area contributed by atoms with Gasteiger partial charge < -0.3 is 21.1 Å². The highest BCUT2D eigenvalue weighted by molar-refractivity contribution is 5.78. The molecule has 0 saturated carbocycles. The largest absolute Gasteiger partial charge is 0.481 e. The third-order valence-corrected chi connectivity index (χ3v) is 2.81. The van der Waals surface area contributed by atoms with Crippen LogP contribution in [0.1, 0.15) is 51.9 Å². The van der Waals surface area contributed by atoms with Gasteiger partial charge in [0.05, 0.1) is 0 Å². The first kappa shape index (κ1) is 19.2. The van der Waals surface area contributed by atoms with Crippen LogP contribution in [-0.2, 0) is 9.59 Å². The van der Waals surface area contributed by atoms with E-state index in [2.05, 4.69) is 16.0 Å². The minimum Gasteiger partial charge on any atom is -0.481 e. The first-order chi connectivity index (χ1) is 10.1. The van der Waals surface area contributed by atoms with Crippen LogP contribution in [0.2, 0.25) is 0 Å². The van der Waals surface area contributed by atoms with E-state index < -0.39 is 5.97 Å². The average molecular weight is 301 g/mol. The second-order valence-electron chi connectivity index (χ2n) is 4.84. The summed E-state index contributed by atoms with van der Waals surface area (Å²) in [6.07, 6.45) is 4.63. The number of carboxylic acids is 1. The number of amides is 3. The number of carbonyl (C=O) groups is 3. The lowest BCUT2D eigenvalue weighted by molar-refractivity contribution is -0.137. The lowest BCUT2D eigenvalue weighted by atomic mass is 10.1. The van der Waals surface area contributed by atoms with E-state index in [1.165, 1.54) is 0 Å². The van der Waals surface area contributed by atoms with Crippen molar-refractivity contribution in [1.82, 2.24) is 16.0 Å². The molecule has 4 N–H and O–H groups in total. The fraction of sp³-hybridized carbons (Fsp3) is 0.786. The lowest BCUT2D eigenvalue weighted by Gasteiger charge is -2.07. The molecule has 0 rings (SSSR count). The second kappa shape index (κ2) is 13.2. The highest BCUT2D eigenvalue weighted by Gasteiger charge is 2.02. The van der Waals surface area contributed by atoms with Crippen LogP contribution in [0.25, 0.3) is 0 Å². The Morgan fingerprint density at radius 1 is 0.810 bits per heavy atom. The van der Waals surface area contributed by atoms with Crippen molar-refractivity contribution in [3.8, 4) is 0 Å². The third-order valence-electron chi connectivity index (χ3n) is 2.81. The Morgan fingerprint density at radius 3 is 2.14 bits per heavy atom. The zero-order valence-corrected chi connectivity index (χ0v) is 12.7. The Bertz CT molecular complexity index is 321. The number of rotatable bonds is 12. The smallest absolute Gasteiger partial charge is 0.314 e. The SMILES string of the molecule is CCCNC(=O)CCNC(=O)NCCCCCCC(=O)O. The second-order valence-corrected chi connectivity index (χ2v) is 4.84.